The maximum atomic E-state index is 12.2. The zero-order valence-electron chi connectivity index (χ0n) is 13.7. The molecule has 4 nitrogen and oxygen atoms in total. The van der Waals surface area contributed by atoms with Gasteiger partial charge in [0.2, 0.25) is 0 Å². The number of hydrogen-bond acceptors (Lipinski definition) is 2. The summed E-state index contributed by atoms with van der Waals surface area (Å²) in [7, 11) is 0. The summed E-state index contributed by atoms with van der Waals surface area (Å²) in [5.74, 6) is 0. The minimum atomic E-state index is -0.243. The molecule has 0 radical (unpaired) electrons. The fraction of sp³-hybridized carbons (Fsp3) is 0.368. The zero-order valence-corrected chi connectivity index (χ0v) is 13.7. The Morgan fingerprint density at radius 1 is 1.04 bits per heavy atom. The van der Waals surface area contributed by atoms with Gasteiger partial charge in [0.05, 0.1) is 11.7 Å². The minimum absolute atomic E-state index is 0.152. The second-order valence-electron chi connectivity index (χ2n) is 5.56. The van der Waals surface area contributed by atoms with E-state index >= 15 is 0 Å². The van der Waals surface area contributed by atoms with Crippen LogP contribution in [0.3, 0.4) is 0 Å². The molecule has 2 amide bonds. The highest BCUT2D eigenvalue weighted by Crippen LogP contribution is 2.19. The number of pyridine rings is 1. The van der Waals surface area contributed by atoms with Gasteiger partial charge in [-0.3, -0.25) is 4.98 Å². The van der Waals surface area contributed by atoms with E-state index in [9.17, 15) is 4.79 Å². The fourth-order valence-corrected chi connectivity index (χ4v) is 2.46. The Bertz CT molecular complexity index is 532. The minimum Gasteiger partial charge on any atom is -0.338 e. The number of nitrogens with zero attached hydrogens (tertiary/aromatic N) is 1. The van der Waals surface area contributed by atoms with E-state index in [4.69, 9.17) is 0 Å². The van der Waals surface area contributed by atoms with Crippen LogP contribution in [0.2, 0.25) is 0 Å². The summed E-state index contributed by atoms with van der Waals surface area (Å²) in [6.07, 6.45) is 6.32. The predicted octanol–water partition coefficient (Wildman–Crippen LogP) is 4.05. The van der Waals surface area contributed by atoms with Crippen LogP contribution >= 0.6 is 0 Å². The Morgan fingerprint density at radius 2 is 1.83 bits per heavy atom. The van der Waals surface area contributed by atoms with Gasteiger partial charge in [0.15, 0.2) is 0 Å². The average molecular weight is 311 g/mol. The van der Waals surface area contributed by atoms with Crippen molar-refractivity contribution in [2.75, 3.05) is 6.54 Å². The van der Waals surface area contributed by atoms with Crippen molar-refractivity contribution in [3.05, 3.63) is 66.0 Å². The maximum absolute atomic E-state index is 12.2. The van der Waals surface area contributed by atoms with Gasteiger partial charge in [0.1, 0.15) is 0 Å². The molecule has 1 atom stereocenters. The van der Waals surface area contributed by atoms with E-state index < -0.39 is 0 Å². The third-order valence-corrected chi connectivity index (χ3v) is 3.71. The monoisotopic (exact) mass is 311 g/mol. The summed E-state index contributed by atoms with van der Waals surface area (Å²) in [5.41, 5.74) is 1.85. The van der Waals surface area contributed by atoms with E-state index in [0.717, 1.165) is 24.1 Å². The van der Waals surface area contributed by atoms with Gasteiger partial charge < -0.3 is 10.6 Å². The number of hydrogen-bond donors (Lipinski definition) is 2. The van der Waals surface area contributed by atoms with Crippen molar-refractivity contribution in [3.63, 3.8) is 0 Å². The molecule has 2 aromatic rings. The lowest BCUT2D eigenvalue weighted by molar-refractivity contribution is 0.238. The van der Waals surface area contributed by atoms with Gasteiger partial charge in [0, 0.05) is 12.7 Å². The summed E-state index contributed by atoms with van der Waals surface area (Å²) in [4.78, 5) is 16.6. The van der Waals surface area contributed by atoms with Gasteiger partial charge in [-0.2, -0.15) is 0 Å². The summed E-state index contributed by atoms with van der Waals surface area (Å²) in [6.45, 7) is 2.88. The lowest BCUT2D eigenvalue weighted by Crippen LogP contribution is -2.39. The Morgan fingerprint density at radius 3 is 2.52 bits per heavy atom. The quantitative estimate of drug-likeness (QED) is 0.723. The van der Waals surface area contributed by atoms with Gasteiger partial charge in [-0.05, 0) is 24.1 Å². The molecule has 23 heavy (non-hydrogen) atoms. The highest BCUT2D eigenvalue weighted by Gasteiger charge is 2.17. The third kappa shape index (κ3) is 5.74. The number of benzene rings is 1. The van der Waals surface area contributed by atoms with Crippen LogP contribution in [0.1, 0.15) is 49.9 Å². The second kappa shape index (κ2) is 9.62. The molecule has 0 spiro atoms. The molecule has 1 aromatic carbocycles. The number of urea groups is 1. The SMILES string of the molecule is CCCCCCNC(=O)NC(c1ccccc1)c1ccccn1. The summed E-state index contributed by atoms with van der Waals surface area (Å²) in [5, 5.41) is 5.96. The number of rotatable bonds is 8. The number of carbonyl (C=O) groups is 1. The molecule has 122 valence electrons. The molecule has 0 saturated heterocycles. The average Bonchev–Trinajstić information content (AvgIpc) is 2.61. The number of carbonyl (C=O) groups excluding carboxylic acids is 1. The Kier molecular flexibility index (Phi) is 7.11. The molecular weight excluding hydrogens is 286 g/mol. The van der Waals surface area contributed by atoms with Gasteiger partial charge in [-0.15, -0.1) is 0 Å². The van der Waals surface area contributed by atoms with Crippen LogP contribution in [-0.4, -0.2) is 17.6 Å². The van der Waals surface area contributed by atoms with Crippen molar-refractivity contribution in [2.45, 2.75) is 38.6 Å². The van der Waals surface area contributed by atoms with Crippen LogP contribution in [0.15, 0.2) is 54.7 Å². The van der Waals surface area contributed by atoms with Crippen LogP contribution in [0, 0.1) is 0 Å². The molecule has 0 aliphatic carbocycles. The van der Waals surface area contributed by atoms with Gasteiger partial charge in [-0.1, -0.05) is 62.6 Å². The molecular formula is C19H25N3O. The van der Waals surface area contributed by atoms with Crippen molar-refractivity contribution < 1.29 is 4.79 Å². The Hall–Kier alpha value is -2.36. The van der Waals surface area contributed by atoms with Crippen LogP contribution in [-0.2, 0) is 0 Å². The number of amides is 2. The predicted molar refractivity (Wildman–Crippen MR) is 93.2 cm³/mol. The van der Waals surface area contributed by atoms with Crippen LogP contribution < -0.4 is 10.6 Å². The fourth-order valence-electron chi connectivity index (χ4n) is 2.46. The zero-order chi connectivity index (χ0) is 16.3. The van der Waals surface area contributed by atoms with Gasteiger partial charge in [-0.25, -0.2) is 4.79 Å². The maximum Gasteiger partial charge on any atom is 0.315 e. The first kappa shape index (κ1) is 17.0. The van der Waals surface area contributed by atoms with Crippen molar-refractivity contribution >= 4 is 6.03 Å². The van der Waals surface area contributed by atoms with Gasteiger partial charge in [0.25, 0.3) is 0 Å². The lowest BCUT2D eigenvalue weighted by atomic mass is 10.0. The van der Waals surface area contributed by atoms with Gasteiger partial charge >= 0.3 is 6.03 Å². The smallest absolute Gasteiger partial charge is 0.315 e. The number of nitrogens with one attached hydrogen (secondary N) is 2. The van der Waals surface area contributed by atoms with E-state index in [0.29, 0.717) is 6.54 Å². The molecule has 0 aliphatic heterocycles. The lowest BCUT2D eigenvalue weighted by Gasteiger charge is -2.19. The standard InChI is InChI=1S/C19H25N3O/c1-2-3-4-9-15-21-19(23)22-18(16-11-6-5-7-12-16)17-13-8-10-14-20-17/h5-8,10-14,18H,2-4,9,15H2,1H3,(H2,21,22,23). The van der Waals surface area contributed by atoms with E-state index in [1.165, 1.54) is 12.8 Å². The van der Waals surface area contributed by atoms with Crippen LogP contribution in [0.4, 0.5) is 4.79 Å². The van der Waals surface area contributed by atoms with Crippen molar-refractivity contribution in [2.24, 2.45) is 0 Å². The molecule has 1 unspecified atom stereocenters. The Labute approximate surface area is 138 Å². The Balaban J connectivity index is 1.97. The summed E-state index contributed by atoms with van der Waals surface area (Å²) < 4.78 is 0. The van der Waals surface area contributed by atoms with E-state index in [1.54, 1.807) is 6.20 Å². The third-order valence-electron chi connectivity index (χ3n) is 3.71. The van der Waals surface area contributed by atoms with E-state index in [1.807, 2.05) is 48.5 Å². The van der Waals surface area contributed by atoms with Crippen LogP contribution in [0.5, 0.6) is 0 Å². The topological polar surface area (TPSA) is 54.0 Å². The van der Waals surface area contributed by atoms with Crippen molar-refractivity contribution in [3.8, 4) is 0 Å². The highest BCUT2D eigenvalue weighted by molar-refractivity contribution is 5.74. The van der Waals surface area contributed by atoms with E-state index in [2.05, 4.69) is 22.5 Å². The molecule has 0 bridgehead atoms. The molecule has 0 saturated carbocycles. The number of unbranched alkanes of at least 4 members (excludes halogenated alkanes) is 3. The molecule has 0 aliphatic rings. The first-order chi connectivity index (χ1) is 11.3. The molecule has 2 N–H and O–H groups in total. The van der Waals surface area contributed by atoms with Crippen molar-refractivity contribution in [1.29, 1.82) is 0 Å². The summed E-state index contributed by atoms with van der Waals surface area (Å²) >= 11 is 0. The molecule has 2 rings (SSSR count). The normalized spacial score (nSPS) is 11.7. The summed E-state index contributed by atoms with van der Waals surface area (Å²) in [6, 6.07) is 15.2. The van der Waals surface area contributed by atoms with E-state index in [-0.39, 0.29) is 12.1 Å². The molecule has 1 aromatic heterocycles. The highest BCUT2D eigenvalue weighted by atomic mass is 16.2. The second-order valence-corrected chi connectivity index (χ2v) is 5.56. The first-order valence-electron chi connectivity index (χ1n) is 8.31. The van der Waals surface area contributed by atoms with Crippen LogP contribution in [0.25, 0.3) is 0 Å². The largest absolute Gasteiger partial charge is 0.338 e. The first-order valence-corrected chi connectivity index (χ1v) is 8.31. The molecule has 0 fully saturated rings. The molecule has 1 heterocycles. The molecule has 4 heteroatoms. The number of aromatic nitrogens is 1. The van der Waals surface area contributed by atoms with Crippen molar-refractivity contribution in [1.82, 2.24) is 15.6 Å².